The van der Waals surface area contributed by atoms with Crippen LogP contribution in [-0.4, -0.2) is 21.4 Å². The largest absolute Gasteiger partial charge is 0.508 e. The Kier molecular flexibility index (Phi) is 5.19. The summed E-state index contributed by atoms with van der Waals surface area (Å²) < 4.78 is 0.705. The molecule has 24 heavy (non-hydrogen) atoms. The molecule has 0 spiro atoms. The summed E-state index contributed by atoms with van der Waals surface area (Å²) in [7, 11) is 0. The number of benzene rings is 2. The standard InChI is InChI=1S/C18H20N2O3S/c1-18(2,3)13-9-7-12(8-10-13)16(22)20(24)17(23)19-14-5-4-6-15(21)11-14/h4-11,21,24H,1-3H3,(H,19,23). The van der Waals surface area contributed by atoms with Gasteiger partial charge in [-0.2, -0.15) is 0 Å². The summed E-state index contributed by atoms with van der Waals surface area (Å²) in [4.78, 5) is 24.4. The van der Waals surface area contributed by atoms with Crippen molar-refractivity contribution in [2.75, 3.05) is 5.32 Å². The molecule has 0 aromatic heterocycles. The first-order valence-electron chi connectivity index (χ1n) is 7.42. The van der Waals surface area contributed by atoms with Crippen molar-refractivity contribution in [3.63, 3.8) is 0 Å². The number of anilines is 1. The molecular formula is C18H20N2O3S. The lowest BCUT2D eigenvalue weighted by Crippen LogP contribution is -2.32. The summed E-state index contributed by atoms with van der Waals surface area (Å²) in [5, 5.41) is 11.9. The highest BCUT2D eigenvalue weighted by Gasteiger charge is 2.21. The van der Waals surface area contributed by atoms with Crippen molar-refractivity contribution >= 4 is 30.4 Å². The number of rotatable bonds is 2. The van der Waals surface area contributed by atoms with Gasteiger partial charge in [-0.25, -0.2) is 9.10 Å². The average molecular weight is 344 g/mol. The van der Waals surface area contributed by atoms with Crippen LogP contribution < -0.4 is 5.32 Å². The maximum absolute atomic E-state index is 12.3. The SMILES string of the molecule is CC(C)(C)c1ccc(C(=O)N(S)C(=O)Nc2cccc(O)c2)cc1. The normalized spacial score (nSPS) is 11.0. The molecule has 0 heterocycles. The molecule has 0 radical (unpaired) electrons. The van der Waals surface area contributed by atoms with Crippen molar-refractivity contribution in [2.45, 2.75) is 26.2 Å². The van der Waals surface area contributed by atoms with Gasteiger partial charge < -0.3 is 10.4 Å². The van der Waals surface area contributed by atoms with E-state index in [1.165, 1.54) is 12.1 Å². The van der Waals surface area contributed by atoms with Gasteiger partial charge in [0.25, 0.3) is 5.91 Å². The maximum Gasteiger partial charge on any atom is 0.338 e. The first kappa shape index (κ1) is 17.9. The number of carbonyl (C=O) groups excluding carboxylic acids is 2. The van der Waals surface area contributed by atoms with Crippen LogP contribution in [0.4, 0.5) is 10.5 Å². The second-order valence-corrected chi connectivity index (χ2v) is 6.82. The average Bonchev–Trinajstić information content (AvgIpc) is 2.52. The molecule has 0 unspecified atom stereocenters. The number of hydrogen-bond donors (Lipinski definition) is 3. The zero-order valence-corrected chi connectivity index (χ0v) is 14.7. The highest BCUT2D eigenvalue weighted by Crippen LogP contribution is 2.23. The smallest absolute Gasteiger partial charge is 0.338 e. The van der Waals surface area contributed by atoms with Gasteiger partial charge >= 0.3 is 6.03 Å². The minimum atomic E-state index is -0.700. The van der Waals surface area contributed by atoms with Gasteiger partial charge in [0.15, 0.2) is 0 Å². The Bertz CT molecular complexity index is 752. The van der Waals surface area contributed by atoms with Crippen molar-refractivity contribution < 1.29 is 14.7 Å². The van der Waals surface area contributed by atoms with Gasteiger partial charge in [0.05, 0.1) is 0 Å². The van der Waals surface area contributed by atoms with Gasteiger partial charge in [0, 0.05) is 17.3 Å². The van der Waals surface area contributed by atoms with E-state index in [0.29, 0.717) is 15.6 Å². The van der Waals surface area contributed by atoms with Crippen molar-refractivity contribution in [3.8, 4) is 5.75 Å². The van der Waals surface area contributed by atoms with E-state index in [1.54, 1.807) is 24.3 Å². The fourth-order valence-electron chi connectivity index (χ4n) is 2.09. The summed E-state index contributed by atoms with van der Waals surface area (Å²) >= 11 is 3.98. The van der Waals surface area contributed by atoms with Crippen LogP contribution in [0.25, 0.3) is 0 Å². The van der Waals surface area contributed by atoms with Gasteiger partial charge in [-0.05, 0) is 35.2 Å². The van der Waals surface area contributed by atoms with Crippen LogP contribution in [-0.2, 0) is 5.41 Å². The van der Waals surface area contributed by atoms with E-state index in [0.717, 1.165) is 5.56 Å². The van der Waals surface area contributed by atoms with Crippen molar-refractivity contribution in [2.24, 2.45) is 0 Å². The molecule has 0 atom stereocenters. The molecule has 0 aliphatic rings. The molecule has 0 fully saturated rings. The molecule has 3 amide bonds. The minimum Gasteiger partial charge on any atom is -0.508 e. The van der Waals surface area contributed by atoms with Crippen molar-refractivity contribution in [1.82, 2.24) is 4.31 Å². The lowest BCUT2D eigenvalue weighted by atomic mass is 9.87. The Hall–Kier alpha value is -2.47. The van der Waals surface area contributed by atoms with Gasteiger partial charge in [-0.1, -0.05) is 51.8 Å². The fraction of sp³-hybridized carbons (Fsp3) is 0.222. The Morgan fingerprint density at radius 2 is 1.71 bits per heavy atom. The van der Waals surface area contributed by atoms with E-state index in [4.69, 9.17) is 0 Å². The van der Waals surface area contributed by atoms with Gasteiger partial charge in [-0.15, -0.1) is 0 Å². The minimum absolute atomic E-state index is 0.0163. The van der Waals surface area contributed by atoms with Gasteiger partial charge in [0.2, 0.25) is 0 Å². The molecule has 0 saturated carbocycles. The maximum atomic E-state index is 12.3. The third kappa shape index (κ3) is 4.29. The number of hydrogen-bond acceptors (Lipinski definition) is 4. The Balaban J connectivity index is 2.09. The molecule has 2 rings (SSSR count). The van der Waals surface area contributed by atoms with Crippen LogP contribution >= 0.6 is 12.8 Å². The number of carbonyl (C=O) groups is 2. The molecule has 5 nitrogen and oxygen atoms in total. The molecular weight excluding hydrogens is 324 g/mol. The number of aromatic hydroxyl groups is 1. The van der Waals surface area contributed by atoms with E-state index < -0.39 is 11.9 Å². The summed E-state index contributed by atoms with van der Waals surface area (Å²) in [5.41, 5.74) is 1.81. The van der Waals surface area contributed by atoms with E-state index in [-0.39, 0.29) is 11.2 Å². The van der Waals surface area contributed by atoms with Crippen LogP contribution in [0.2, 0.25) is 0 Å². The van der Waals surface area contributed by atoms with Gasteiger partial charge in [0.1, 0.15) is 5.75 Å². The van der Waals surface area contributed by atoms with Gasteiger partial charge in [-0.3, -0.25) is 4.79 Å². The van der Waals surface area contributed by atoms with E-state index >= 15 is 0 Å². The monoisotopic (exact) mass is 344 g/mol. The Labute approximate surface area is 146 Å². The van der Waals surface area contributed by atoms with Crippen LogP contribution in [0, 0.1) is 0 Å². The van der Waals surface area contributed by atoms with E-state index in [9.17, 15) is 14.7 Å². The van der Waals surface area contributed by atoms with Crippen LogP contribution in [0.1, 0.15) is 36.7 Å². The number of imide groups is 1. The van der Waals surface area contributed by atoms with E-state index in [2.05, 4.69) is 38.9 Å². The molecule has 0 bridgehead atoms. The molecule has 2 N–H and O–H groups in total. The summed E-state index contributed by atoms with van der Waals surface area (Å²) in [5.74, 6) is -0.515. The number of thiol groups is 1. The Morgan fingerprint density at radius 3 is 2.25 bits per heavy atom. The number of nitrogens with one attached hydrogen (secondary N) is 1. The van der Waals surface area contributed by atoms with Crippen molar-refractivity contribution in [3.05, 3.63) is 59.7 Å². The zero-order chi connectivity index (χ0) is 17.9. The lowest BCUT2D eigenvalue weighted by molar-refractivity contribution is 0.0901. The molecule has 2 aromatic rings. The topological polar surface area (TPSA) is 69.6 Å². The number of urea groups is 1. The third-order valence-electron chi connectivity index (χ3n) is 3.48. The highest BCUT2D eigenvalue weighted by molar-refractivity contribution is 7.79. The highest BCUT2D eigenvalue weighted by atomic mass is 32.1. The predicted octanol–water partition coefficient (Wildman–Crippen LogP) is 4.21. The van der Waals surface area contributed by atoms with Crippen LogP contribution in [0.3, 0.4) is 0 Å². The number of phenolic OH excluding ortho intramolecular Hbond substituents is 1. The molecule has 0 aliphatic carbocycles. The predicted molar refractivity (Wildman–Crippen MR) is 97.4 cm³/mol. The first-order valence-corrected chi connectivity index (χ1v) is 7.82. The number of amides is 3. The lowest BCUT2D eigenvalue weighted by Gasteiger charge is -2.20. The van der Waals surface area contributed by atoms with Crippen molar-refractivity contribution in [1.29, 1.82) is 0 Å². The first-order chi connectivity index (χ1) is 11.2. The third-order valence-corrected chi connectivity index (χ3v) is 3.84. The Morgan fingerprint density at radius 1 is 1.08 bits per heavy atom. The molecule has 0 aliphatic heterocycles. The molecule has 6 heteroatoms. The molecule has 0 saturated heterocycles. The zero-order valence-electron chi connectivity index (χ0n) is 13.8. The summed E-state index contributed by atoms with van der Waals surface area (Å²) in [6.07, 6.45) is 0. The van der Waals surface area contributed by atoms with E-state index in [1.807, 2.05) is 12.1 Å². The summed E-state index contributed by atoms with van der Waals surface area (Å²) in [6, 6.07) is 12.4. The number of nitrogens with zero attached hydrogens (tertiary/aromatic N) is 1. The quantitative estimate of drug-likeness (QED) is 0.715. The fourth-order valence-corrected chi connectivity index (χ4v) is 2.25. The summed E-state index contributed by atoms with van der Waals surface area (Å²) in [6.45, 7) is 6.24. The molecule has 126 valence electrons. The second kappa shape index (κ2) is 6.97. The van der Waals surface area contributed by atoms with Crippen LogP contribution in [0.5, 0.6) is 5.75 Å². The van der Waals surface area contributed by atoms with Crippen LogP contribution in [0.15, 0.2) is 48.5 Å². The second-order valence-electron chi connectivity index (χ2n) is 6.42. The molecule has 2 aromatic carbocycles. The number of phenols is 1.